The summed E-state index contributed by atoms with van der Waals surface area (Å²) in [5.41, 5.74) is 0. The van der Waals surface area contributed by atoms with E-state index in [9.17, 15) is 18.0 Å². The monoisotopic (exact) mass is 374 g/mol. The topological polar surface area (TPSA) is 95.0 Å². The summed E-state index contributed by atoms with van der Waals surface area (Å²) in [6, 6.07) is -0.185. The van der Waals surface area contributed by atoms with Gasteiger partial charge in [-0.3, -0.25) is 9.59 Å². The summed E-state index contributed by atoms with van der Waals surface area (Å²) in [6.07, 6.45) is 7.01. The third kappa shape index (κ3) is 5.67. The molecule has 0 bridgehead atoms. The second-order valence-corrected chi connectivity index (χ2v) is 9.39. The fourth-order valence-electron chi connectivity index (χ4n) is 3.95. The van der Waals surface area contributed by atoms with Gasteiger partial charge in [0.25, 0.3) is 0 Å². The fourth-order valence-corrected chi connectivity index (χ4v) is 5.08. The molecule has 0 aromatic carbocycles. The lowest BCUT2D eigenvalue weighted by Gasteiger charge is -2.37. The first kappa shape index (κ1) is 20.2. The molecule has 8 heteroatoms. The van der Waals surface area contributed by atoms with Gasteiger partial charge in [0.15, 0.2) is 0 Å². The van der Waals surface area contributed by atoms with E-state index < -0.39 is 16.0 Å². The zero-order valence-electron chi connectivity index (χ0n) is 15.0. The molecular weight excluding hydrogens is 344 g/mol. The van der Waals surface area contributed by atoms with E-state index in [1.807, 2.05) is 0 Å². The van der Waals surface area contributed by atoms with Crippen LogP contribution in [0, 0.1) is 5.92 Å². The van der Waals surface area contributed by atoms with Gasteiger partial charge < -0.3 is 10.0 Å². The molecule has 1 aliphatic carbocycles. The first-order chi connectivity index (χ1) is 11.8. The molecule has 144 valence electrons. The summed E-state index contributed by atoms with van der Waals surface area (Å²) >= 11 is 0. The van der Waals surface area contributed by atoms with Gasteiger partial charge in [-0.15, -0.1) is 0 Å². The standard InChI is InChI=1S/C17H30N2O5S/c1-2-25(23,24)18-11-9-15(10-12-18)19(13-17(21)22)16(20)8-7-14-5-3-4-6-14/h14-15H,2-13H2,1H3,(H,21,22). The van der Waals surface area contributed by atoms with E-state index >= 15 is 0 Å². The van der Waals surface area contributed by atoms with Crippen LogP contribution in [-0.4, -0.2) is 66.0 Å². The smallest absolute Gasteiger partial charge is 0.323 e. The fraction of sp³-hybridized carbons (Fsp3) is 0.882. The van der Waals surface area contributed by atoms with E-state index in [0.717, 1.165) is 6.42 Å². The van der Waals surface area contributed by atoms with Crippen molar-refractivity contribution in [1.82, 2.24) is 9.21 Å². The lowest BCUT2D eigenvalue weighted by Crippen LogP contribution is -2.50. The molecule has 1 saturated carbocycles. The van der Waals surface area contributed by atoms with Crippen LogP contribution in [0.25, 0.3) is 0 Å². The van der Waals surface area contributed by atoms with Crippen LogP contribution in [0.5, 0.6) is 0 Å². The Morgan fingerprint density at radius 2 is 1.72 bits per heavy atom. The van der Waals surface area contributed by atoms with Crippen LogP contribution in [0.4, 0.5) is 0 Å². The molecule has 1 N–H and O–H groups in total. The number of nitrogens with zero attached hydrogens (tertiary/aromatic N) is 2. The highest BCUT2D eigenvalue weighted by atomic mass is 32.2. The van der Waals surface area contributed by atoms with Gasteiger partial charge in [0.1, 0.15) is 6.54 Å². The van der Waals surface area contributed by atoms with Gasteiger partial charge in [-0.2, -0.15) is 0 Å². The minimum Gasteiger partial charge on any atom is -0.480 e. The van der Waals surface area contributed by atoms with Crippen LogP contribution < -0.4 is 0 Å². The number of rotatable bonds is 8. The maximum absolute atomic E-state index is 12.6. The van der Waals surface area contributed by atoms with Gasteiger partial charge in [0, 0.05) is 25.6 Å². The lowest BCUT2D eigenvalue weighted by atomic mass is 9.99. The highest BCUT2D eigenvalue weighted by Gasteiger charge is 2.32. The lowest BCUT2D eigenvalue weighted by molar-refractivity contribution is -0.147. The first-order valence-electron chi connectivity index (χ1n) is 9.32. The zero-order chi connectivity index (χ0) is 18.4. The molecule has 1 saturated heterocycles. The van der Waals surface area contributed by atoms with Gasteiger partial charge in [-0.1, -0.05) is 25.7 Å². The van der Waals surface area contributed by atoms with Crippen molar-refractivity contribution in [2.45, 2.75) is 64.3 Å². The summed E-state index contributed by atoms with van der Waals surface area (Å²) < 4.78 is 25.3. The highest BCUT2D eigenvalue weighted by molar-refractivity contribution is 7.89. The van der Waals surface area contributed by atoms with E-state index in [-0.39, 0.29) is 24.2 Å². The van der Waals surface area contributed by atoms with Crippen molar-refractivity contribution in [2.75, 3.05) is 25.4 Å². The molecule has 7 nitrogen and oxygen atoms in total. The average Bonchev–Trinajstić information content (AvgIpc) is 3.11. The maximum Gasteiger partial charge on any atom is 0.323 e. The van der Waals surface area contributed by atoms with E-state index in [2.05, 4.69) is 0 Å². The minimum atomic E-state index is -3.22. The van der Waals surface area contributed by atoms with Crippen LogP contribution in [0.15, 0.2) is 0 Å². The molecule has 0 unspecified atom stereocenters. The molecule has 2 rings (SSSR count). The number of piperidine rings is 1. The molecule has 25 heavy (non-hydrogen) atoms. The summed E-state index contributed by atoms with van der Waals surface area (Å²) in [4.78, 5) is 25.3. The first-order valence-corrected chi connectivity index (χ1v) is 10.9. The summed E-state index contributed by atoms with van der Waals surface area (Å²) in [5, 5.41) is 9.16. The Bertz CT molecular complexity index is 564. The Labute approximate surface area is 150 Å². The number of carboxylic acid groups (broad SMARTS) is 1. The Hall–Kier alpha value is -1.15. The molecule has 0 spiro atoms. The highest BCUT2D eigenvalue weighted by Crippen LogP contribution is 2.29. The van der Waals surface area contributed by atoms with Crippen molar-refractivity contribution >= 4 is 21.9 Å². The maximum atomic E-state index is 12.6. The van der Waals surface area contributed by atoms with Crippen molar-refractivity contribution in [3.05, 3.63) is 0 Å². The number of aliphatic carboxylic acids is 1. The van der Waals surface area contributed by atoms with Gasteiger partial charge >= 0.3 is 5.97 Å². The average molecular weight is 375 g/mol. The molecule has 1 aliphatic heterocycles. The van der Waals surface area contributed by atoms with E-state index in [4.69, 9.17) is 5.11 Å². The molecule has 0 aromatic rings. The Morgan fingerprint density at radius 3 is 2.24 bits per heavy atom. The molecule has 2 aliphatic rings. The third-order valence-corrected chi connectivity index (χ3v) is 7.37. The van der Waals surface area contributed by atoms with Gasteiger partial charge in [-0.05, 0) is 32.1 Å². The van der Waals surface area contributed by atoms with E-state index in [1.54, 1.807) is 6.92 Å². The van der Waals surface area contributed by atoms with Crippen molar-refractivity contribution in [1.29, 1.82) is 0 Å². The summed E-state index contributed by atoms with van der Waals surface area (Å²) in [5.74, 6) is -0.465. The van der Waals surface area contributed by atoms with Crippen LogP contribution >= 0.6 is 0 Å². The molecule has 0 aromatic heterocycles. The normalized spacial score (nSPS) is 20.7. The minimum absolute atomic E-state index is 0.0663. The van der Waals surface area contributed by atoms with E-state index in [0.29, 0.717) is 38.3 Å². The second kappa shape index (κ2) is 8.98. The van der Waals surface area contributed by atoms with Crippen LogP contribution in [-0.2, 0) is 19.6 Å². The number of carbonyl (C=O) groups is 2. The van der Waals surface area contributed by atoms with Crippen molar-refractivity contribution < 1.29 is 23.1 Å². The van der Waals surface area contributed by atoms with Crippen molar-refractivity contribution in [3.8, 4) is 0 Å². The molecule has 0 radical (unpaired) electrons. The predicted molar refractivity (Wildman–Crippen MR) is 94.6 cm³/mol. The molecule has 2 fully saturated rings. The van der Waals surface area contributed by atoms with Crippen molar-refractivity contribution in [2.24, 2.45) is 5.92 Å². The molecular formula is C17H30N2O5S. The van der Waals surface area contributed by atoms with Crippen LogP contribution in [0.1, 0.15) is 58.3 Å². The number of carbonyl (C=O) groups excluding carboxylic acids is 1. The van der Waals surface area contributed by atoms with Gasteiger partial charge in [0.2, 0.25) is 15.9 Å². The molecule has 0 atom stereocenters. The third-order valence-electron chi connectivity index (χ3n) is 5.49. The Balaban J connectivity index is 1.92. The second-order valence-electron chi connectivity index (χ2n) is 7.14. The Kier molecular flexibility index (Phi) is 7.25. The number of hydrogen-bond acceptors (Lipinski definition) is 4. The number of hydrogen-bond donors (Lipinski definition) is 1. The number of sulfonamides is 1. The van der Waals surface area contributed by atoms with Crippen molar-refractivity contribution in [3.63, 3.8) is 0 Å². The quantitative estimate of drug-likeness (QED) is 0.697. The number of carboxylic acids is 1. The summed E-state index contributed by atoms with van der Waals surface area (Å²) in [6.45, 7) is 2.03. The largest absolute Gasteiger partial charge is 0.480 e. The van der Waals surface area contributed by atoms with Crippen LogP contribution in [0.3, 0.4) is 0 Å². The predicted octanol–water partition coefficient (Wildman–Crippen LogP) is 1.68. The summed E-state index contributed by atoms with van der Waals surface area (Å²) in [7, 11) is -3.22. The Morgan fingerprint density at radius 1 is 1.12 bits per heavy atom. The number of amides is 1. The van der Waals surface area contributed by atoms with Gasteiger partial charge in [0.05, 0.1) is 5.75 Å². The molecule has 1 heterocycles. The van der Waals surface area contributed by atoms with Gasteiger partial charge in [-0.25, -0.2) is 12.7 Å². The molecule has 1 amide bonds. The van der Waals surface area contributed by atoms with Crippen LogP contribution in [0.2, 0.25) is 0 Å². The zero-order valence-corrected chi connectivity index (χ0v) is 15.8. The van der Waals surface area contributed by atoms with E-state index in [1.165, 1.54) is 34.9 Å². The SMILES string of the molecule is CCS(=O)(=O)N1CCC(N(CC(=O)O)C(=O)CCC2CCCC2)CC1.